The van der Waals surface area contributed by atoms with Gasteiger partial charge in [-0.1, -0.05) is 51.9 Å². The van der Waals surface area contributed by atoms with Crippen molar-refractivity contribution in [1.82, 2.24) is 4.83 Å². The van der Waals surface area contributed by atoms with E-state index in [0.717, 1.165) is 18.4 Å². The average Bonchev–Trinajstić information content (AvgIpc) is 2.63. The third-order valence-corrected chi connectivity index (χ3v) is 5.29. The van der Waals surface area contributed by atoms with Gasteiger partial charge in [-0.2, -0.15) is 5.10 Å². The summed E-state index contributed by atoms with van der Waals surface area (Å²) in [7, 11) is -0.278. The first-order valence-corrected chi connectivity index (χ1v) is 10.9. The Morgan fingerprint density at radius 3 is 2.19 bits per heavy atom. The molecule has 7 heteroatoms. The first-order chi connectivity index (χ1) is 12.5. The molecule has 0 aliphatic rings. The molecule has 0 radical (unpaired) electrons. The van der Waals surface area contributed by atoms with Crippen molar-refractivity contribution < 1.29 is 17.9 Å². The number of hydrogen-bond donors (Lipinski definition) is 1. The second kappa shape index (κ2) is 12.6. The van der Waals surface area contributed by atoms with E-state index in [0.29, 0.717) is 17.9 Å². The standard InChI is InChI=1S/C19H32N2O4S/c1-4-5-6-7-8-9-10-11-14-26(22,23)21-20-16-17-12-13-18(24-2)19(15-17)25-3/h12-13,15-16,21H,4-11,14H2,1-3H3. The van der Waals surface area contributed by atoms with E-state index in [4.69, 9.17) is 9.47 Å². The van der Waals surface area contributed by atoms with Crippen molar-refractivity contribution in [3.8, 4) is 11.5 Å². The van der Waals surface area contributed by atoms with Crippen molar-refractivity contribution in [3.05, 3.63) is 23.8 Å². The molecule has 1 aromatic carbocycles. The molecule has 148 valence electrons. The smallest absolute Gasteiger partial charge is 0.247 e. The highest BCUT2D eigenvalue weighted by Gasteiger charge is 2.08. The second-order valence-electron chi connectivity index (χ2n) is 6.26. The lowest BCUT2D eigenvalue weighted by Crippen LogP contribution is -2.21. The first kappa shape index (κ1) is 22.3. The number of benzene rings is 1. The number of nitrogens with one attached hydrogen (secondary N) is 1. The van der Waals surface area contributed by atoms with Gasteiger partial charge in [0.25, 0.3) is 0 Å². The van der Waals surface area contributed by atoms with E-state index in [1.807, 2.05) is 0 Å². The van der Waals surface area contributed by atoms with Crippen molar-refractivity contribution in [2.75, 3.05) is 20.0 Å². The van der Waals surface area contributed by atoms with Crippen LogP contribution in [0, 0.1) is 0 Å². The van der Waals surface area contributed by atoms with E-state index in [-0.39, 0.29) is 5.75 Å². The van der Waals surface area contributed by atoms with Gasteiger partial charge in [0.15, 0.2) is 11.5 Å². The highest BCUT2D eigenvalue weighted by Crippen LogP contribution is 2.26. The maximum atomic E-state index is 11.9. The summed E-state index contributed by atoms with van der Waals surface area (Å²) in [5, 5.41) is 3.83. The Morgan fingerprint density at radius 1 is 0.962 bits per heavy atom. The van der Waals surface area contributed by atoms with E-state index in [9.17, 15) is 8.42 Å². The van der Waals surface area contributed by atoms with Crippen LogP contribution in [0.25, 0.3) is 0 Å². The Balaban J connectivity index is 2.33. The molecule has 0 atom stereocenters. The van der Waals surface area contributed by atoms with E-state index < -0.39 is 10.0 Å². The summed E-state index contributed by atoms with van der Waals surface area (Å²) in [6.45, 7) is 2.20. The molecule has 0 bridgehead atoms. The van der Waals surface area contributed by atoms with Gasteiger partial charge in [-0.25, -0.2) is 13.2 Å². The molecule has 1 aromatic rings. The summed E-state index contributed by atoms with van der Waals surface area (Å²) in [5.41, 5.74) is 0.720. The lowest BCUT2D eigenvalue weighted by molar-refractivity contribution is 0.355. The minimum absolute atomic E-state index is 0.102. The largest absolute Gasteiger partial charge is 0.493 e. The predicted molar refractivity (Wildman–Crippen MR) is 107 cm³/mol. The van der Waals surface area contributed by atoms with Crippen molar-refractivity contribution in [2.45, 2.75) is 58.3 Å². The predicted octanol–water partition coefficient (Wildman–Crippen LogP) is 4.10. The van der Waals surface area contributed by atoms with Crippen LogP contribution in [0.5, 0.6) is 11.5 Å². The average molecular weight is 385 g/mol. The van der Waals surface area contributed by atoms with Crippen LogP contribution in [-0.4, -0.2) is 34.6 Å². The van der Waals surface area contributed by atoms with Crippen LogP contribution in [-0.2, 0) is 10.0 Å². The van der Waals surface area contributed by atoms with Gasteiger partial charge in [0, 0.05) is 0 Å². The van der Waals surface area contributed by atoms with Crippen LogP contribution in [0.4, 0.5) is 0 Å². The van der Waals surface area contributed by atoms with Gasteiger partial charge in [0.1, 0.15) is 0 Å². The second-order valence-corrected chi connectivity index (χ2v) is 8.08. The molecule has 1 N–H and O–H groups in total. The SMILES string of the molecule is CCCCCCCCCCS(=O)(=O)NN=Cc1ccc(OC)c(OC)c1. The first-order valence-electron chi connectivity index (χ1n) is 9.27. The molecule has 0 heterocycles. The van der Waals surface area contributed by atoms with Crippen LogP contribution in [0.2, 0.25) is 0 Å². The summed E-state index contributed by atoms with van der Waals surface area (Å²) in [5.74, 6) is 1.28. The number of sulfonamides is 1. The lowest BCUT2D eigenvalue weighted by Gasteiger charge is -2.07. The van der Waals surface area contributed by atoms with Crippen molar-refractivity contribution >= 4 is 16.2 Å². The third kappa shape index (κ3) is 9.08. The topological polar surface area (TPSA) is 77.0 Å². The van der Waals surface area contributed by atoms with Crippen molar-refractivity contribution in [3.63, 3.8) is 0 Å². The van der Waals surface area contributed by atoms with Crippen molar-refractivity contribution in [1.29, 1.82) is 0 Å². The summed E-state index contributed by atoms with van der Waals surface area (Å²) in [4.78, 5) is 2.26. The molecule has 6 nitrogen and oxygen atoms in total. The highest BCUT2D eigenvalue weighted by molar-refractivity contribution is 7.89. The van der Waals surface area contributed by atoms with Crippen LogP contribution >= 0.6 is 0 Å². The maximum Gasteiger partial charge on any atom is 0.247 e. The van der Waals surface area contributed by atoms with Gasteiger partial charge in [-0.3, -0.25) is 0 Å². The summed E-state index contributed by atoms with van der Waals surface area (Å²) >= 11 is 0. The summed E-state index contributed by atoms with van der Waals surface area (Å²) in [6, 6.07) is 5.25. The molecule has 0 spiro atoms. The highest BCUT2D eigenvalue weighted by atomic mass is 32.2. The third-order valence-electron chi connectivity index (χ3n) is 4.08. The number of unbranched alkanes of at least 4 members (excludes halogenated alkanes) is 7. The fourth-order valence-corrected chi connectivity index (χ4v) is 3.47. The Kier molecular flexibility index (Phi) is 10.8. The lowest BCUT2D eigenvalue weighted by atomic mass is 10.1. The van der Waals surface area contributed by atoms with Gasteiger partial charge >= 0.3 is 0 Å². The molecule has 0 saturated heterocycles. The number of hydrazone groups is 1. The van der Waals surface area contributed by atoms with Crippen LogP contribution < -0.4 is 14.3 Å². The molecule has 1 rings (SSSR count). The molecule has 0 fully saturated rings. The number of rotatable bonds is 14. The van der Waals surface area contributed by atoms with Gasteiger partial charge in [0.05, 0.1) is 26.2 Å². The van der Waals surface area contributed by atoms with E-state index in [1.54, 1.807) is 32.4 Å². The normalized spacial score (nSPS) is 11.7. The molecule has 26 heavy (non-hydrogen) atoms. The fourth-order valence-electron chi connectivity index (χ4n) is 2.59. The zero-order chi connectivity index (χ0) is 19.3. The molecule has 0 amide bonds. The molecular formula is C19H32N2O4S. The quantitative estimate of drug-likeness (QED) is 0.298. The Morgan fingerprint density at radius 2 is 1.58 bits per heavy atom. The zero-order valence-corrected chi connectivity index (χ0v) is 17.0. The Labute approximate surface area is 158 Å². The molecule has 0 aliphatic carbocycles. The van der Waals surface area contributed by atoms with E-state index >= 15 is 0 Å². The van der Waals surface area contributed by atoms with E-state index in [1.165, 1.54) is 38.3 Å². The molecule has 0 saturated carbocycles. The Hall–Kier alpha value is -1.76. The minimum atomic E-state index is -3.39. The number of nitrogens with zero attached hydrogens (tertiary/aromatic N) is 1. The van der Waals surface area contributed by atoms with Gasteiger partial charge < -0.3 is 9.47 Å². The fraction of sp³-hybridized carbons (Fsp3) is 0.632. The monoisotopic (exact) mass is 384 g/mol. The Bertz CT molecular complexity index is 645. The number of methoxy groups -OCH3 is 2. The van der Waals surface area contributed by atoms with Crippen LogP contribution in [0.15, 0.2) is 23.3 Å². The molecule has 0 unspecified atom stereocenters. The number of ether oxygens (including phenoxy) is 2. The number of hydrogen-bond acceptors (Lipinski definition) is 5. The van der Waals surface area contributed by atoms with E-state index in [2.05, 4.69) is 16.9 Å². The minimum Gasteiger partial charge on any atom is -0.493 e. The van der Waals surface area contributed by atoms with Gasteiger partial charge in [0.2, 0.25) is 10.0 Å². The summed E-state index contributed by atoms with van der Waals surface area (Å²) < 4.78 is 34.3. The van der Waals surface area contributed by atoms with Crippen LogP contribution in [0.3, 0.4) is 0 Å². The zero-order valence-electron chi connectivity index (χ0n) is 16.2. The molecule has 0 aromatic heterocycles. The van der Waals surface area contributed by atoms with Crippen molar-refractivity contribution in [2.24, 2.45) is 5.10 Å². The van der Waals surface area contributed by atoms with Crippen LogP contribution in [0.1, 0.15) is 63.9 Å². The van der Waals surface area contributed by atoms with Gasteiger partial charge in [-0.05, 0) is 30.2 Å². The molecular weight excluding hydrogens is 352 g/mol. The summed E-state index contributed by atoms with van der Waals surface area (Å²) in [6.07, 6.45) is 10.4. The molecule has 0 aliphatic heterocycles. The maximum absolute atomic E-state index is 11.9. The van der Waals surface area contributed by atoms with Gasteiger partial charge in [-0.15, -0.1) is 0 Å².